The fourth-order valence-corrected chi connectivity index (χ4v) is 3.25. The molecule has 1 aromatic carbocycles. The van der Waals surface area contributed by atoms with E-state index < -0.39 is 0 Å². The lowest BCUT2D eigenvalue weighted by Gasteiger charge is -2.18. The van der Waals surface area contributed by atoms with Crippen LogP contribution in [0.25, 0.3) is 0 Å². The lowest BCUT2D eigenvalue weighted by molar-refractivity contribution is 0.211. The number of aliphatic hydroxyl groups is 1. The lowest BCUT2D eigenvalue weighted by atomic mass is 10.0. The van der Waals surface area contributed by atoms with Crippen LogP contribution in [0.15, 0.2) is 36.4 Å². The minimum absolute atomic E-state index is 0.00379. The minimum atomic E-state index is -0.271. The number of amides is 2. The van der Waals surface area contributed by atoms with E-state index in [4.69, 9.17) is 0 Å². The molecule has 2 heterocycles. The van der Waals surface area contributed by atoms with Crippen LogP contribution in [0.1, 0.15) is 31.0 Å². The van der Waals surface area contributed by atoms with E-state index in [-0.39, 0.29) is 24.6 Å². The molecule has 1 saturated heterocycles. The normalized spacial score (nSPS) is 19.4. The summed E-state index contributed by atoms with van der Waals surface area (Å²) in [5.74, 6) is 1.16. The molecule has 0 saturated carbocycles. The highest BCUT2D eigenvalue weighted by Gasteiger charge is 2.34. The number of aliphatic hydroxyl groups excluding tert-OH is 1. The van der Waals surface area contributed by atoms with Crippen LogP contribution in [0.4, 0.5) is 16.3 Å². The van der Waals surface area contributed by atoms with E-state index in [2.05, 4.69) is 34.7 Å². The van der Waals surface area contributed by atoms with Crippen LogP contribution in [0.3, 0.4) is 0 Å². The summed E-state index contributed by atoms with van der Waals surface area (Å²) in [6.07, 6.45) is 0. The highest BCUT2D eigenvalue weighted by Crippen LogP contribution is 2.22. The molecule has 27 heavy (non-hydrogen) atoms. The predicted molar refractivity (Wildman–Crippen MR) is 106 cm³/mol. The smallest absolute Gasteiger partial charge is 0.319 e. The molecule has 2 atom stereocenters. The first-order valence-corrected chi connectivity index (χ1v) is 9.30. The molecular formula is C20H27N5O2. The third-order valence-electron chi connectivity index (χ3n) is 4.94. The molecule has 7 heteroatoms. The number of nitrogens with zero attached hydrogens (tertiary/aromatic N) is 3. The Bertz CT molecular complexity index is 761. The van der Waals surface area contributed by atoms with Gasteiger partial charge in [0.1, 0.15) is 0 Å². The Hall–Kier alpha value is -2.67. The van der Waals surface area contributed by atoms with Crippen LogP contribution in [0.2, 0.25) is 0 Å². The predicted octanol–water partition coefficient (Wildman–Crippen LogP) is 2.53. The highest BCUT2D eigenvalue weighted by atomic mass is 16.3. The molecule has 0 spiro atoms. The van der Waals surface area contributed by atoms with Crippen LogP contribution >= 0.6 is 0 Å². The molecule has 7 nitrogen and oxygen atoms in total. The Morgan fingerprint density at radius 1 is 1.19 bits per heavy atom. The van der Waals surface area contributed by atoms with Crippen molar-refractivity contribution >= 4 is 17.5 Å². The zero-order chi connectivity index (χ0) is 19.4. The summed E-state index contributed by atoms with van der Waals surface area (Å²) in [7, 11) is 0. The number of rotatable bonds is 5. The molecular weight excluding hydrogens is 342 g/mol. The van der Waals surface area contributed by atoms with Gasteiger partial charge in [-0.25, -0.2) is 4.79 Å². The summed E-state index contributed by atoms with van der Waals surface area (Å²) >= 11 is 0. The molecule has 0 radical (unpaired) electrons. The second-order valence-electron chi connectivity index (χ2n) is 7.36. The van der Waals surface area contributed by atoms with Crippen LogP contribution in [0, 0.1) is 12.8 Å². The van der Waals surface area contributed by atoms with Gasteiger partial charge in [-0.1, -0.05) is 26.0 Å². The fraction of sp³-hybridized carbons (Fsp3) is 0.450. The van der Waals surface area contributed by atoms with Crippen LogP contribution < -0.4 is 15.5 Å². The first-order valence-electron chi connectivity index (χ1n) is 9.30. The molecule has 3 rings (SSSR count). The number of carbonyl (C=O) groups excluding carboxylic acids is 1. The van der Waals surface area contributed by atoms with Crippen molar-refractivity contribution in [2.45, 2.75) is 32.7 Å². The molecule has 2 amide bonds. The first-order chi connectivity index (χ1) is 13.0. The monoisotopic (exact) mass is 369 g/mol. The van der Waals surface area contributed by atoms with Crippen molar-refractivity contribution in [3.63, 3.8) is 0 Å². The number of hydrogen-bond acceptors (Lipinski definition) is 5. The van der Waals surface area contributed by atoms with Gasteiger partial charge in [-0.2, -0.15) is 5.10 Å². The van der Waals surface area contributed by atoms with Crippen molar-refractivity contribution in [2.24, 2.45) is 5.92 Å². The van der Waals surface area contributed by atoms with Gasteiger partial charge in [0.05, 0.1) is 11.7 Å². The van der Waals surface area contributed by atoms with E-state index in [1.54, 1.807) is 0 Å². The molecule has 2 aromatic rings. The summed E-state index contributed by atoms with van der Waals surface area (Å²) in [6, 6.07) is 11.2. The zero-order valence-corrected chi connectivity index (χ0v) is 16.0. The number of carbonyl (C=O) groups is 1. The lowest BCUT2D eigenvalue weighted by Crippen LogP contribution is -2.43. The standard InChI is InChI=1S/C20H27N5O2/c1-13(2)15-5-7-17(8-6-15)21-20(27)22-18-11-25(10-16(18)12-26)19-9-4-14(3)23-24-19/h4-9,13,16,18,26H,10-12H2,1-3H3,(H2,21,22,27)/t16-,18-/m0/s1. The summed E-state index contributed by atoms with van der Waals surface area (Å²) in [5, 5.41) is 23.8. The van der Waals surface area contributed by atoms with E-state index in [1.807, 2.05) is 48.2 Å². The summed E-state index contributed by atoms with van der Waals surface area (Å²) in [5.41, 5.74) is 2.83. The third kappa shape index (κ3) is 4.74. The maximum absolute atomic E-state index is 12.4. The van der Waals surface area contributed by atoms with Gasteiger partial charge < -0.3 is 20.6 Å². The number of nitrogens with one attached hydrogen (secondary N) is 2. The van der Waals surface area contributed by atoms with Gasteiger partial charge in [-0.15, -0.1) is 5.10 Å². The first kappa shape index (κ1) is 19.1. The molecule has 0 unspecified atom stereocenters. The minimum Gasteiger partial charge on any atom is -0.396 e. The molecule has 1 fully saturated rings. The second-order valence-corrected chi connectivity index (χ2v) is 7.36. The topological polar surface area (TPSA) is 90.4 Å². The molecule has 1 aliphatic heterocycles. The van der Waals surface area contributed by atoms with Gasteiger partial charge in [0.25, 0.3) is 0 Å². The van der Waals surface area contributed by atoms with Gasteiger partial charge in [0.15, 0.2) is 5.82 Å². The Morgan fingerprint density at radius 3 is 2.52 bits per heavy atom. The van der Waals surface area contributed by atoms with Crippen molar-refractivity contribution in [1.29, 1.82) is 0 Å². The van der Waals surface area contributed by atoms with Crippen molar-refractivity contribution in [2.75, 3.05) is 29.9 Å². The number of aromatic nitrogens is 2. The van der Waals surface area contributed by atoms with Gasteiger partial charge >= 0.3 is 6.03 Å². The van der Waals surface area contributed by atoms with Gasteiger partial charge in [0, 0.05) is 31.3 Å². The number of benzene rings is 1. The highest BCUT2D eigenvalue weighted by molar-refractivity contribution is 5.89. The zero-order valence-electron chi connectivity index (χ0n) is 16.0. The Morgan fingerprint density at radius 2 is 1.93 bits per heavy atom. The molecule has 1 aromatic heterocycles. The maximum Gasteiger partial charge on any atom is 0.319 e. The van der Waals surface area contributed by atoms with E-state index in [9.17, 15) is 9.90 Å². The number of aryl methyl sites for hydroxylation is 1. The van der Waals surface area contributed by atoms with Crippen molar-refractivity contribution in [1.82, 2.24) is 15.5 Å². The van der Waals surface area contributed by atoms with E-state index >= 15 is 0 Å². The molecule has 144 valence electrons. The Kier molecular flexibility index (Phi) is 5.91. The molecule has 1 aliphatic rings. The van der Waals surface area contributed by atoms with E-state index in [1.165, 1.54) is 5.56 Å². The SMILES string of the molecule is Cc1ccc(N2C[C@@H](CO)[C@@H](NC(=O)Nc3ccc(C(C)C)cc3)C2)nn1. The quantitative estimate of drug-likeness (QED) is 0.753. The van der Waals surface area contributed by atoms with Crippen molar-refractivity contribution < 1.29 is 9.90 Å². The fourth-order valence-electron chi connectivity index (χ4n) is 3.25. The van der Waals surface area contributed by atoms with Gasteiger partial charge in [0.2, 0.25) is 0 Å². The molecule has 0 bridgehead atoms. The average Bonchev–Trinajstić information content (AvgIpc) is 3.05. The number of anilines is 2. The largest absolute Gasteiger partial charge is 0.396 e. The summed E-state index contributed by atoms with van der Waals surface area (Å²) in [6.45, 7) is 7.37. The molecule has 3 N–H and O–H groups in total. The van der Waals surface area contributed by atoms with Crippen LogP contribution in [-0.4, -0.2) is 47.1 Å². The Labute approximate surface area is 159 Å². The second kappa shape index (κ2) is 8.35. The summed E-state index contributed by atoms with van der Waals surface area (Å²) < 4.78 is 0. The van der Waals surface area contributed by atoms with Gasteiger partial charge in [-0.05, 0) is 42.7 Å². The van der Waals surface area contributed by atoms with Crippen molar-refractivity contribution in [3.05, 3.63) is 47.7 Å². The Balaban J connectivity index is 1.59. The maximum atomic E-state index is 12.4. The van der Waals surface area contributed by atoms with E-state index in [0.717, 1.165) is 17.2 Å². The van der Waals surface area contributed by atoms with Gasteiger partial charge in [-0.3, -0.25) is 0 Å². The van der Waals surface area contributed by atoms with Crippen LogP contribution in [0.5, 0.6) is 0 Å². The average molecular weight is 369 g/mol. The van der Waals surface area contributed by atoms with E-state index in [0.29, 0.717) is 19.0 Å². The number of urea groups is 1. The number of hydrogen-bond donors (Lipinski definition) is 3. The van der Waals surface area contributed by atoms with Crippen molar-refractivity contribution in [3.8, 4) is 0 Å². The summed E-state index contributed by atoms with van der Waals surface area (Å²) in [4.78, 5) is 14.4. The molecule has 0 aliphatic carbocycles. The third-order valence-corrected chi connectivity index (χ3v) is 4.94. The van der Waals surface area contributed by atoms with Crippen LogP contribution in [-0.2, 0) is 0 Å².